The summed E-state index contributed by atoms with van der Waals surface area (Å²) >= 11 is 2.27. The van der Waals surface area contributed by atoms with Crippen molar-refractivity contribution in [1.82, 2.24) is 9.97 Å². The molecule has 2 rings (SSSR count). The molecule has 0 saturated heterocycles. The summed E-state index contributed by atoms with van der Waals surface area (Å²) < 4.78 is 1.20. The van der Waals surface area contributed by atoms with Crippen LogP contribution in [0.3, 0.4) is 0 Å². The number of pyridine rings is 2. The Kier molecular flexibility index (Phi) is 9.96. The Labute approximate surface area is 142 Å². The molecule has 118 valence electrons. The summed E-state index contributed by atoms with van der Waals surface area (Å²) in [5.74, 6) is 1.21. The van der Waals surface area contributed by atoms with Crippen LogP contribution in [0.2, 0.25) is 0 Å². The third-order valence-corrected chi connectivity index (χ3v) is 4.07. The Bertz CT molecular complexity index is 509. The Morgan fingerprint density at radius 1 is 0.857 bits per heavy atom. The first-order valence-corrected chi connectivity index (χ1v) is 6.97. The maximum atomic E-state index is 5.51. The van der Waals surface area contributed by atoms with Gasteiger partial charge >= 0.3 is 0 Å². The number of nitrogens with two attached hydrogens (primary N) is 2. The summed E-state index contributed by atoms with van der Waals surface area (Å²) in [6.07, 6.45) is 0. The van der Waals surface area contributed by atoms with Crippen LogP contribution in [0.25, 0.3) is 0 Å². The number of nitrogen functional groups attached to an aromatic ring is 2. The second kappa shape index (κ2) is 9.55. The maximum Gasteiger partial charge on any atom is 0.123 e. The molecule has 2 aromatic rings. The first-order valence-electron chi connectivity index (χ1n) is 5.89. The van der Waals surface area contributed by atoms with E-state index in [-0.39, 0.29) is 14.9 Å². The highest BCUT2D eigenvalue weighted by Crippen LogP contribution is 2.15. The third kappa shape index (κ3) is 7.27. The van der Waals surface area contributed by atoms with E-state index in [2.05, 4.69) is 32.6 Å². The van der Waals surface area contributed by atoms with E-state index in [1.807, 2.05) is 45.9 Å². The molecule has 0 fully saturated rings. The lowest BCUT2D eigenvalue weighted by Crippen LogP contribution is -1.96. The summed E-state index contributed by atoms with van der Waals surface area (Å²) in [4.78, 5) is 8.12. The van der Waals surface area contributed by atoms with Crippen LogP contribution in [0, 0.1) is 31.3 Å². The molecule has 21 heavy (non-hydrogen) atoms. The molecule has 0 atom stereocenters. The number of nitrogens with zero attached hydrogens (tertiary/aromatic N) is 2. The van der Waals surface area contributed by atoms with Crippen molar-refractivity contribution in [1.29, 1.82) is 0 Å². The van der Waals surface area contributed by atoms with Gasteiger partial charge in [-0.25, -0.2) is 9.97 Å². The highest BCUT2D eigenvalue weighted by Gasteiger charge is 1.99. The lowest BCUT2D eigenvalue weighted by atomic mass is 10.2. The van der Waals surface area contributed by atoms with Gasteiger partial charge in [0.1, 0.15) is 11.6 Å². The number of rotatable bonds is 0. The van der Waals surface area contributed by atoms with Crippen molar-refractivity contribution < 1.29 is 0 Å². The lowest BCUT2D eigenvalue weighted by molar-refractivity contribution is 1.16. The highest BCUT2D eigenvalue weighted by molar-refractivity contribution is 14.1. The molecule has 0 spiro atoms. The predicted molar refractivity (Wildman–Crippen MR) is 102 cm³/mol. The van der Waals surface area contributed by atoms with Gasteiger partial charge in [0.25, 0.3) is 0 Å². The third-order valence-electron chi connectivity index (χ3n) is 2.44. The fourth-order valence-electron chi connectivity index (χ4n) is 1.72. The molecule has 0 aromatic carbocycles. The number of anilines is 2. The Morgan fingerprint density at radius 3 is 1.81 bits per heavy atom. The van der Waals surface area contributed by atoms with Crippen LogP contribution in [-0.4, -0.2) is 9.97 Å². The summed E-state index contributed by atoms with van der Waals surface area (Å²) in [6, 6.07) is 5.73. The molecule has 0 amide bonds. The Balaban J connectivity index is 0. The average Bonchev–Trinajstić information content (AvgIpc) is 2.24. The molecule has 0 bridgehead atoms. The van der Waals surface area contributed by atoms with Crippen molar-refractivity contribution in [2.45, 2.75) is 42.5 Å². The van der Waals surface area contributed by atoms with Crippen molar-refractivity contribution in [3.8, 4) is 0 Å². The van der Waals surface area contributed by atoms with Crippen molar-refractivity contribution in [3.63, 3.8) is 0 Å². The molecule has 0 radical (unpaired) electrons. The van der Waals surface area contributed by atoms with Crippen LogP contribution >= 0.6 is 22.6 Å². The van der Waals surface area contributed by atoms with Crippen LogP contribution in [-0.2, 0) is 0 Å². The molecule has 2 heterocycles. The van der Waals surface area contributed by atoms with E-state index in [1.165, 1.54) is 14.7 Å². The van der Waals surface area contributed by atoms with E-state index < -0.39 is 0 Å². The molecule has 4 N–H and O–H groups in total. The number of hydrogen-bond donors (Lipinski definition) is 2. The zero-order chi connectivity index (χ0) is 14.6. The van der Waals surface area contributed by atoms with E-state index in [1.54, 1.807) is 0 Å². The minimum atomic E-state index is 0. The van der Waals surface area contributed by atoms with Crippen LogP contribution in [0.15, 0.2) is 18.2 Å². The topological polar surface area (TPSA) is 77.8 Å². The van der Waals surface area contributed by atoms with Crippen molar-refractivity contribution in [2.75, 3.05) is 11.5 Å². The molecule has 0 unspecified atom stereocenters. The summed E-state index contributed by atoms with van der Waals surface area (Å²) in [6.45, 7) is 7.94. The van der Waals surface area contributed by atoms with Crippen molar-refractivity contribution in [2.24, 2.45) is 0 Å². The summed E-state index contributed by atoms with van der Waals surface area (Å²) in [5, 5.41) is 0. The minimum absolute atomic E-state index is 0. The van der Waals surface area contributed by atoms with E-state index >= 15 is 0 Å². The largest absolute Gasteiger partial charge is 0.384 e. The SMILES string of the molecule is C.C.Cc1cc(C)nc(N)c1.Cc1cc(N)nc(C)c1I. The minimum Gasteiger partial charge on any atom is -0.384 e. The second-order valence-corrected chi connectivity index (χ2v) is 5.55. The van der Waals surface area contributed by atoms with Gasteiger partial charge in [-0.3, -0.25) is 0 Å². The molecule has 0 saturated carbocycles. The molecule has 0 aliphatic carbocycles. The molecule has 0 aliphatic rings. The fraction of sp³-hybridized carbons (Fsp3) is 0.375. The van der Waals surface area contributed by atoms with Gasteiger partial charge in [0.2, 0.25) is 0 Å². The van der Waals surface area contributed by atoms with Crippen LogP contribution in [0.1, 0.15) is 37.4 Å². The number of halogens is 1. The average molecular weight is 402 g/mol. The zero-order valence-electron chi connectivity index (χ0n) is 11.7. The van der Waals surface area contributed by atoms with E-state index in [4.69, 9.17) is 11.5 Å². The molecule has 4 nitrogen and oxygen atoms in total. The van der Waals surface area contributed by atoms with Gasteiger partial charge in [-0.1, -0.05) is 14.9 Å². The molecule has 5 heteroatoms. The fourth-order valence-corrected chi connectivity index (χ4v) is 1.99. The van der Waals surface area contributed by atoms with Gasteiger partial charge in [-0.2, -0.15) is 0 Å². The van der Waals surface area contributed by atoms with E-state index in [0.29, 0.717) is 11.6 Å². The Hall–Kier alpha value is -1.37. The first-order chi connectivity index (χ1) is 8.79. The molecule has 2 aromatic heterocycles. The van der Waals surface area contributed by atoms with Crippen LogP contribution in [0.5, 0.6) is 0 Å². The van der Waals surface area contributed by atoms with Crippen molar-refractivity contribution in [3.05, 3.63) is 44.3 Å². The quantitative estimate of drug-likeness (QED) is 0.639. The van der Waals surface area contributed by atoms with Gasteiger partial charge in [-0.05, 0) is 79.6 Å². The normalized spacial score (nSPS) is 8.81. The number of aryl methyl sites for hydroxylation is 4. The smallest absolute Gasteiger partial charge is 0.123 e. The molecular weight excluding hydrogens is 375 g/mol. The maximum absolute atomic E-state index is 5.51. The number of aromatic nitrogens is 2. The zero-order valence-corrected chi connectivity index (χ0v) is 13.8. The number of hydrogen-bond acceptors (Lipinski definition) is 4. The van der Waals surface area contributed by atoms with E-state index in [9.17, 15) is 0 Å². The van der Waals surface area contributed by atoms with Gasteiger partial charge in [0, 0.05) is 9.26 Å². The first kappa shape index (κ1) is 21.9. The summed E-state index contributed by atoms with van der Waals surface area (Å²) in [7, 11) is 0. The highest BCUT2D eigenvalue weighted by atomic mass is 127. The van der Waals surface area contributed by atoms with Gasteiger partial charge in [-0.15, -0.1) is 0 Å². The Morgan fingerprint density at radius 2 is 1.38 bits per heavy atom. The monoisotopic (exact) mass is 402 g/mol. The predicted octanol–water partition coefficient (Wildman–Crippen LogP) is 4.44. The van der Waals surface area contributed by atoms with Gasteiger partial charge in [0.15, 0.2) is 0 Å². The van der Waals surface area contributed by atoms with Crippen molar-refractivity contribution >= 4 is 34.2 Å². The molecular formula is C16H27IN4. The van der Waals surface area contributed by atoms with Crippen LogP contribution < -0.4 is 11.5 Å². The van der Waals surface area contributed by atoms with Gasteiger partial charge < -0.3 is 11.5 Å². The molecule has 0 aliphatic heterocycles. The lowest BCUT2D eigenvalue weighted by Gasteiger charge is -2.01. The second-order valence-electron chi connectivity index (χ2n) is 4.47. The standard InChI is InChI=1S/C7H9IN2.C7H10N2.2CH4/c1-4-3-6(9)10-5(2)7(4)8;1-5-3-6(2)9-7(8)4-5;;/h3H,1-2H3,(H2,9,10);3-4H,1-2H3,(H2,8,9);2*1H4. The summed E-state index contributed by atoms with van der Waals surface area (Å²) in [5.41, 5.74) is 15.3. The van der Waals surface area contributed by atoms with Gasteiger partial charge in [0.05, 0.1) is 5.69 Å². The van der Waals surface area contributed by atoms with E-state index in [0.717, 1.165) is 11.4 Å². The van der Waals surface area contributed by atoms with Crippen LogP contribution in [0.4, 0.5) is 11.6 Å².